The molecule has 0 saturated heterocycles. The van der Waals surface area contributed by atoms with Gasteiger partial charge in [0.15, 0.2) is 0 Å². The van der Waals surface area contributed by atoms with Crippen LogP contribution in [-0.2, 0) is 14.8 Å². The van der Waals surface area contributed by atoms with Crippen LogP contribution in [-0.4, -0.2) is 33.7 Å². The summed E-state index contributed by atoms with van der Waals surface area (Å²) in [6.45, 7) is 3.93. The van der Waals surface area contributed by atoms with Crippen molar-refractivity contribution in [2.45, 2.75) is 18.7 Å². The van der Waals surface area contributed by atoms with Crippen LogP contribution in [0.15, 0.2) is 88.9 Å². The molecule has 32 heavy (non-hydrogen) atoms. The lowest BCUT2D eigenvalue weighted by atomic mass is 10.2. The average Bonchev–Trinajstić information content (AvgIpc) is 2.79. The number of hydrogen-bond donors (Lipinski definition) is 1. The molecule has 0 radical (unpaired) electrons. The molecule has 0 atom stereocenters. The number of aryl methyl sites for hydroxylation is 1. The molecule has 1 N–H and O–H groups in total. The summed E-state index contributed by atoms with van der Waals surface area (Å²) in [5.41, 5.74) is 4.45. The van der Waals surface area contributed by atoms with E-state index in [1.54, 1.807) is 60.7 Å². The highest BCUT2D eigenvalue weighted by molar-refractivity contribution is 7.92. The second-order valence-corrected chi connectivity index (χ2v) is 8.82. The van der Waals surface area contributed by atoms with Crippen molar-refractivity contribution in [3.8, 4) is 5.75 Å². The zero-order chi connectivity index (χ0) is 23.0. The van der Waals surface area contributed by atoms with E-state index in [1.165, 1.54) is 18.3 Å². The van der Waals surface area contributed by atoms with Crippen LogP contribution in [0.3, 0.4) is 0 Å². The van der Waals surface area contributed by atoms with Gasteiger partial charge < -0.3 is 4.74 Å². The summed E-state index contributed by atoms with van der Waals surface area (Å²) >= 11 is 0. The average molecular weight is 452 g/mol. The summed E-state index contributed by atoms with van der Waals surface area (Å²) in [6.07, 6.45) is 1.48. The number of carbonyl (C=O) groups is 1. The third-order valence-electron chi connectivity index (χ3n) is 4.50. The van der Waals surface area contributed by atoms with Gasteiger partial charge in [0, 0.05) is 0 Å². The molecule has 0 aromatic heterocycles. The van der Waals surface area contributed by atoms with Gasteiger partial charge in [-0.25, -0.2) is 13.8 Å². The highest BCUT2D eigenvalue weighted by Gasteiger charge is 2.27. The lowest BCUT2D eigenvalue weighted by Crippen LogP contribution is -2.39. The van der Waals surface area contributed by atoms with Crippen LogP contribution < -0.4 is 14.5 Å². The van der Waals surface area contributed by atoms with Gasteiger partial charge in [-0.15, -0.1) is 0 Å². The molecule has 3 aromatic rings. The molecule has 166 valence electrons. The number of nitrogens with one attached hydrogen (secondary N) is 1. The second-order valence-electron chi connectivity index (χ2n) is 6.96. The Balaban J connectivity index is 1.76. The maximum absolute atomic E-state index is 13.3. The van der Waals surface area contributed by atoms with Crippen LogP contribution in [0, 0.1) is 6.92 Å². The van der Waals surface area contributed by atoms with Crippen molar-refractivity contribution in [3.63, 3.8) is 0 Å². The minimum absolute atomic E-state index is 0.104. The van der Waals surface area contributed by atoms with Gasteiger partial charge in [0.05, 0.1) is 23.4 Å². The molecule has 0 spiro atoms. The van der Waals surface area contributed by atoms with Crippen LogP contribution in [0.5, 0.6) is 5.75 Å². The van der Waals surface area contributed by atoms with E-state index in [9.17, 15) is 13.2 Å². The van der Waals surface area contributed by atoms with E-state index in [4.69, 9.17) is 4.74 Å². The van der Waals surface area contributed by atoms with Crippen LogP contribution in [0.2, 0.25) is 0 Å². The molecule has 1 amide bonds. The highest BCUT2D eigenvalue weighted by atomic mass is 32.2. The number of hydrazone groups is 1. The molecule has 0 aliphatic heterocycles. The minimum Gasteiger partial charge on any atom is -0.494 e. The number of sulfonamides is 1. The summed E-state index contributed by atoms with van der Waals surface area (Å²) < 4.78 is 33.0. The van der Waals surface area contributed by atoms with Crippen molar-refractivity contribution >= 4 is 27.8 Å². The van der Waals surface area contributed by atoms with Crippen LogP contribution >= 0.6 is 0 Å². The number of amides is 1. The number of hydrogen-bond acceptors (Lipinski definition) is 5. The highest BCUT2D eigenvalue weighted by Crippen LogP contribution is 2.24. The Morgan fingerprint density at radius 2 is 1.75 bits per heavy atom. The fraction of sp³-hybridized carbons (Fsp3) is 0.167. The van der Waals surface area contributed by atoms with Gasteiger partial charge >= 0.3 is 0 Å². The fourth-order valence-electron chi connectivity index (χ4n) is 2.98. The van der Waals surface area contributed by atoms with Gasteiger partial charge in [-0.2, -0.15) is 5.10 Å². The van der Waals surface area contributed by atoms with E-state index < -0.39 is 22.5 Å². The van der Waals surface area contributed by atoms with E-state index in [0.717, 1.165) is 21.2 Å². The molecule has 0 saturated carbocycles. The quantitative estimate of drug-likeness (QED) is 0.397. The van der Waals surface area contributed by atoms with E-state index >= 15 is 0 Å². The number of ether oxygens (including phenoxy) is 1. The Bertz CT molecular complexity index is 1180. The second kappa shape index (κ2) is 10.6. The Morgan fingerprint density at radius 1 is 1.03 bits per heavy atom. The lowest BCUT2D eigenvalue weighted by Gasteiger charge is -2.24. The third kappa shape index (κ3) is 5.95. The number of nitrogens with zero attached hydrogens (tertiary/aromatic N) is 2. The molecule has 0 bridgehead atoms. The molecular formula is C24H25N3O4S. The van der Waals surface area contributed by atoms with Crippen molar-refractivity contribution in [1.29, 1.82) is 0 Å². The van der Waals surface area contributed by atoms with Crippen LogP contribution in [0.1, 0.15) is 18.1 Å². The van der Waals surface area contributed by atoms with Crippen molar-refractivity contribution in [2.75, 3.05) is 17.5 Å². The van der Waals surface area contributed by atoms with Crippen molar-refractivity contribution in [3.05, 3.63) is 90.0 Å². The van der Waals surface area contributed by atoms with Gasteiger partial charge in [-0.05, 0) is 73.5 Å². The van der Waals surface area contributed by atoms with Gasteiger partial charge in [0.1, 0.15) is 12.3 Å². The van der Waals surface area contributed by atoms with Crippen LogP contribution in [0.25, 0.3) is 0 Å². The Kier molecular flexibility index (Phi) is 7.62. The molecular weight excluding hydrogens is 426 g/mol. The first kappa shape index (κ1) is 23.0. The Hall–Kier alpha value is -3.65. The molecule has 0 aliphatic rings. The molecule has 0 fully saturated rings. The topological polar surface area (TPSA) is 88.1 Å². The van der Waals surface area contributed by atoms with Gasteiger partial charge in [0.2, 0.25) is 0 Å². The SMILES string of the molecule is CCOc1ccc(/C=N\NC(=O)CN(c2cccc(C)c2)S(=O)(=O)c2ccccc2)cc1. The van der Waals surface area contributed by atoms with E-state index in [1.807, 2.05) is 19.9 Å². The first-order valence-electron chi connectivity index (χ1n) is 10.1. The maximum Gasteiger partial charge on any atom is 0.264 e. The third-order valence-corrected chi connectivity index (χ3v) is 6.29. The summed E-state index contributed by atoms with van der Waals surface area (Å²) in [5, 5.41) is 3.95. The Labute approximate surface area is 188 Å². The van der Waals surface area contributed by atoms with Crippen LogP contribution in [0.4, 0.5) is 5.69 Å². The lowest BCUT2D eigenvalue weighted by molar-refractivity contribution is -0.119. The summed E-state index contributed by atoms with van der Waals surface area (Å²) in [6, 6.07) is 22.2. The smallest absolute Gasteiger partial charge is 0.264 e. The van der Waals surface area contributed by atoms with Crippen molar-refractivity contribution in [2.24, 2.45) is 5.10 Å². The largest absolute Gasteiger partial charge is 0.494 e. The first-order valence-corrected chi connectivity index (χ1v) is 11.5. The monoisotopic (exact) mass is 451 g/mol. The van der Waals surface area contributed by atoms with E-state index in [-0.39, 0.29) is 4.90 Å². The minimum atomic E-state index is -3.95. The van der Waals surface area contributed by atoms with Crippen molar-refractivity contribution in [1.82, 2.24) is 5.43 Å². The maximum atomic E-state index is 13.3. The summed E-state index contributed by atoms with van der Waals surface area (Å²) in [4.78, 5) is 12.7. The predicted molar refractivity (Wildman–Crippen MR) is 126 cm³/mol. The molecule has 3 rings (SSSR count). The Morgan fingerprint density at radius 3 is 2.41 bits per heavy atom. The molecule has 7 nitrogen and oxygen atoms in total. The number of carbonyl (C=O) groups excluding carboxylic acids is 1. The fourth-order valence-corrected chi connectivity index (χ4v) is 4.41. The first-order chi connectivity index (χ1) is 15.4. The number of benzene rings is 3. The summed E-state index contributed by atoms with van der Waals surface area (Å²) in [7, 11) is -3.95. The zero-order valence-corrected chi connectivity index (χ0v) is 18.7. The zero-order valence-electron chi connectivity index (χ0n) is 17.9. The van der Waals surface area contributed by atoms with Gasteiger partial charge in [-0.3, -0.25) is 9.10 Å². The standard InChI is InChI=1S/C24H25N3O4S/c1-3-31-22-14-12-20(13-15-22)17-25-26-24(28)18-27(21-9-7-8-19(2)16-21)32(29,30)23-10-5-4-6-11-23/h4-17H,3,18H2,1-2H3,(H,26,28)/b25-17-. The number of anilines is 1. The molecule has 3 aromatic carbocycles. The molecule has 0 heterocycles. The summed E-state index contributed by atoms with van der Waals surface area (Å²) in [5.74, 6) is 0.182. The van der Waals surface area contributed by atoms with Gasteiger partial charge in [0.25, 0.3) is 15.9 Å². The van der Waals surface area contributed by atoms with E-state index in [2.05, 4.69) is 10.5 Å². The molecule has 8 heteroatoms. The molecule has 0 aliphatic carbocycles. The van der Waals surface area contributed by atoms with E-state index in [0.29, 0.717) is 12.3 Å². The van der Waals surface area contributed by atoms with Crippen molar-refractivity contribution < 1.29 is 17.9 Å². The van der Waals surface area contributed by atoms with Gasteiger partial charge in [-0.1, -0.05) is 30.3 Å². The number of rotatable bonds is 9. The normalized spacial score (nSPS) is 11.3. The predicted octanol–water partition coefficient (Wildman–Crippen LogP) is 3.74. The molecule has 0 unspecified atom stereocenters.